The molecule has 0 saturated heterocycles. The predicted octanol–water partition coefficient (Wildman–Crippen LogP) is 0.557. The van der Waals surface area contributed by atoms with Gasteiger partial charge < -0.3 is 5.32 Å². The Morgan fingerprint density at radius 1 is 1.35 bits per heavy atom. The van der Waals surface area contributed by atoms with Crippen LogP contribution in [0.1, 0.15) is 12.8 Å². The zero-order valence-electron chi connectivity index (χ0n) is 9.05. The third-order valence-corrected chi connectivity index (χ3v) is 2.92. The second-order valence-corrected chi connectivity index (χ2v) is 4.56. The van der Waals surface area contributed by atoms with E-state index in [0.717, 1.165) is 12.8 Å². The molecule has 3 amide bonds. The first kappa shape index (κ1) is 11.8. The molecule has 1 heterocycles. The monoisotopic (exact) mass is 252 g/mol. The normalized spacial score (nSPS) is 14.1. The number of amides is 3. The summed E-state index contributed by atoms with van der Waals surface area (Å²) in [6.07, 6.45) is 5.20. The lowest BCUT2D eigenvalue weighted by Gasteiger charge is -2.04. The van der Waals surface area contributed by atoms with Gasteiger partial charge in [-0.15, -0.1) is 0 Å². The van der Waals surface area contributed by atoms with Crippen LogP contribution in [0.4, 0.5) is 4.79 Å². The van der Waals surface area contributed by atoms with E-state index in [1.54, 1.807) is 18.5 Å². The van der Waals surface area contributed by atoms with Crippen LogP contribution in [-0.2, 0) is 4.79 Å². The first-order valence-electron chi connectivity index (χ1n) is 5.24. The van der Waals surface area contributed by atoms with Crippen molar-refractivity contribution >= 4 is 23.7 Å². The quantitative estimate of drug-likeness (QED) is 0.604. The fourth-order valence-corrected chi connectivity index (χ4v) is 1.71. The Labute approximate surface area is 103 Å². The van der Waals surface area contributed by atoms with Gasteiger partial charge in [-0.05, 0) is 18.9 Å². The van der Waals surface area contributed by atoms with Crippen molar-refractivity contribution in [2.45, 2.75) is 24.0 Å². The van der Waals surface area contributed by atoms with Crippen molar-refractivity contribution in [3.8, 4) is 0 Å². The van der Waals surface area contributed by atoms with Gasteiger partial charge in [0.15, 0.2) is 5.16 Å². The minimum absolute atomic E-state index is 0.127. The number of thioether (sulfide) groups is 1. The molecule has 0 aromatic carbocycles. The minimum atomic E-state index is -0.424. The van der Waals surface area contributed by atoms with E-state index in [2.05, 4.69) is 20.6 Å². The maximum Gasteiger partial charge on any atom is 0.321 e. The molecule has 1 aliphatic carbocycles. The van der Waals surface area contributed by atoms with Crippen molar-refractivity contribution in [2.75, 3.05) is 5.75 Å². The van der Waals surface area contributed by atoms with Crippen molar-refractivity contribution in [3.05, 3.63) is 18.5 Å². The largest absolute Gasteiger partial charge is 0.335 e. The number of nitrogens with zero attached hydrogens (tertiary/aromatic N) is 2. The molecule has 2 rings (SSSR count). The van der Waals surface area contributed by atoms with Gasteiger partial charge in [0.05, 0.1) is 5.75 Å². The molecular formula is C10H12N4O2S. The molecule has 1 aromatic heterocycles. The van der Waals surface area contributed by atoms with E-state index in [0.29, 0.717) is 5.16 Å². The lowest BCUT2D eigenvalue weighted by molar-refractivity contribution is -0.117. The highest BCUT2D eigenvalue weighted by Crippen LogP contribution is 2.18. The first-order valence-corrected chi connectivity index (χ1v) is 6.23. The van der Waals surface area contributed by atoms with Crippen molar-refractivity contribution in [3.63, 3.8) is 0 Å². The van der Waals surface area contributed by atoms with Crippen LogP contribution in [0.3, 0.4) is 0 Å². The summed E-state index contributed by atoms with van der Waals surface area (Å²) in [5, 5.41) is 5.45. The van der Waals surface area contributed by atoms with E-state index >= 15 is 0 Å². The number of urea groups is 1. The van der Waals surface area contributed by atoms with E-state index in [1.165, 1.54) is 11.8 Å². The van der Waals surface area contributed by atoms with Crippen LogP contribution in [0.15, 0.2) is 23.6 Å². The van der Waals surface area contributed by atoms with Crippen molar-refractivity contribution < 1.29 is 9.59 Å². The van der Waals surface area contributed by atoms with Gasteiger partial charge in [0.25, 0.3) is 0 Å². The predicted molar refractivity (Wildman–Crippen MR) is 62.5 cm³/mol. The number of hydrogen-bond acceptors (Lipinski definition) is 5. The molecule has 0 spiro atoms. The van der Waals surface area contributed by atoms with Crippen molar-refractivity contribution in [1.29, 1.82) is 0 Å². The lowest BCUT2D eigenvalue weighted by Crippen LogP contribution is -2.41. The molecule has 1 saturated carbocycles. The van der Waals surface area contributed by atoms with Crippen molar-refractivity contribution in [1.82, 2.24) is 20.6 Å². The van der Waals surface area contributed by atoms with Crippen LogP contribution in [-0.4, -0.2) is 33.7 Å². The Morgan fingerprint density at radius 2 is 2.06 bits per heavy atom. The Hall–Kier alpha value is -1.63. The van der Waals surface area contributed by atoms with Crippen LogP contribution in [0.5, 0.6) is 0 Å². The molecule has 7 heteroatoms. The molecule has 2 N–H and O–H groups in total. The molecule has 17 heavy (non-hydrogen) atoms. The van der Waals surface area contributed by atoms with Gasteiger partial charge >= 0.3 is 6.03 Å². The molecule has 90 valence electrons. The summed E-state index contributed by atoms with van der Waals surface area (Å²) in [6, 6.07) is 1.52. The number of carbonyl (C=O) groups is 2. The van der Waals surface area contributed by atoms with E-state index in [4.69, 9.17) is 0 Å². The van der Waals surface area contributed by atoms with Crippen LogP contribution < -0.4 is 10.6 Å². The number of nitrogens with one attached hydrogen (secondary N) is 2. The summed E-state index contributed by atoms with van der Waals surface area (Å²) < 4.78 is 0. The van der Waals surface area contributed by atoms with E-state index in [-0.39, 0.29) is 17.7 Å². The number of imide groups is 1. The summed E-state index contributed by atoms with van der Waals surface area (Å²) >= 11 is 1.19. The molecule has 1 aliphatic rings. The van der Waals surface area contributed by atoms with E-state index in [1.807, 2.05) is 0 Å². The number of hydrogen-bond donors (Lipinski definition) is 2. The Morgan fingerprint density at radius 3 is 2.71 bits per heavy atom. The van der Waals surface area contributed by atoms with Gasteiger partial charge in [-0.3, -0.25) is 10.1 Å². The summed E-state index contributed by atoms with van der Waals surface area (Å²) in [4.78, 5) is 30.5. The summed E-state index contributed by atoms with van der Waals surface area (Å²) in [5.41, 5.74) is 0. The maximum atomic E-state index is 11.4. The summed E-state index contributed by atoms with van der Waals surface area (Å²) in [6.45, 7) is 0. The smallest absolute Gasteiger partial charge is 0.321 e. The fraction of sp³-hybridized carbons (Fsp3) is 0.400. The van der Waals surface area contributed by atoms with E-state index < -0.39 is 6.03 Å². The highest BCUT2D eigenvalue weighted by molar-refractivity contribution is 7.99. The summed E-state index contributed by atoms with van der Waals surface area (Å²) in [5.74, 6) is -0.220. The Kier molecular flexibility index (Phi) is 3.92. The maximum absolute atomic E-state index is 11.4. The molecule has 0 radical (unpaired) electrons. The first-order chi connectivity index (χ1) is 8.24. The molecule has 1 fully saturated rings. The van der Waals surface area contributed by atoms with E-state index in [9.17, 15) is 9.59 Å². The van der Waals surface area contributed by atoms with Crippen LogP contribution in [0, 0.1) is 0 Å². The van der Waals surface area contributed by atoms with Gasteiger partial charge in [0.2, 0.25) is 5.91 Å². The third-order valence-electron chi connectivity index (χ3n) is 2.04. The molecule has 0 unspecified atom stereocenters. The average Bonchev–Trinajstić information content (AvgIpc) is 3.11. The van der Waals surface area contributed by atoms with Gasteiger partial charge in [-0.2, -0.15) is 0 Å². The molecule has 0 atom stereocenters. The number of carbonyl (C=O) groups excluding carboxylic acids is 2. The SMILES string of the molecule is O=C(CSc1ncccn1)NC(=O)NC1CC1. The van der Waals surface area contributed by atoms with Crippen molar-refractivity contribution in [2.24, 2.45) is 0 Å². The molecular weight excluding hydrogens is 240 g/mol. The highest BCUT2D eigenvalue weighted by atomic mass is 32.2. The van der Waals surface area contributed by atoms with Crippen LogP contribution in [0.2, 0.25) is 0 Å². The second-order valence-electron chi connectivity index (χ2n) is 3.62. The molecule has 6 nitrogen and oxygen atoms in total. The minimum Gasteiger partial charge on any atom is -0.335 e. The zero-order chi connectivity index (χ0) is 12.1. The van der Waals surface area contributed by atoms with Gasteiger partial charge in [-0.25, -0.2) is 14.8 Å². The average molecular weight is 252 g/mol. The van der Waals surface area contributed by atoms with Gasteiger partial charge in [0, 0.05) is 18.4 Å². The second kappa shape index (κ2) is 5.62. The number of rotatable bonds is 4. The lowest BCUT2D eigenvalue weighted by atomic mass is 10.6. The molecule has 0 bridgehead atoms. The van der Waals surface area contributed by atoms with Gasteiger partial charge in [-0.1, -0.05) is 11.8 Å². The van der Waals surface area contributed by atoms with Crippen LogP contribution >= 0.6 is 11.8 Å². The highest BCUT2D eigenvalue weighted by Gasteiger charge is 2.23. The number of aromatic nitrogens is 2. The third kappa shape index (κ3) is 4.39. The van der Waals surface area contributed by atoms with Gasteiger partial charge in [0.1, 0.15) is 0 Å². The Balaban J connectivity index is 1.68. The topological polar surface area (TPSA) is 84.0 Å². The zero-order valence-corrected chi connectivity index (χ0v) is 9.87. The molecule has 1 aromatic rings. The standard InChI is InChI=1S/C10H12N4O2S/c15-8(14-9(16)13-7-2-3-7)6-17-10-11-4-1-5-12-10/h1,4-5,7H,2-3,6H2,(H2,13,14,15,16). The molecule has 0 aliphatic heterocycles. The fourth-order valence-electron chi connectivity index (χ4n) is 1.10. The Bertz CT molecular complexity index is 408. The summed E-state index contributed by atoms with van der Waals surface area (Å²) in [7, 11) is 0. The van der Waals surface area contributed by atoms with Crippen LogP contribution in [0.25, 0.3) is 0 Å².